The van der Waals surface area contributed by atoms with Crippen molar-refractivity contribution in [3.63, 3.8) is 0 Å². The minimum atomic E-state index is 0.196. The lowest BCUT2D eigenvalue weighted by atomic mass is 10.1. The molecular formula is C7H12IN. The Morgan fingerprint density at radius 3 is 2.67 bits per heavy atom. The molecule has 0 heterocycles. The summed E-state index contributed by atoms with van der Waals surface area (Å²) in [5.74, 6) is 2.54. The van der Waals surface area contributed by atoms with E-state index >= 15 is 0 Å². The molecule has 0 aliphatic heterocycles. The van der Waals surface area contributed by atoms with E-state index in [2.05, 4.69) is 35.4 Å². The zero-order chi connectivity index (χ0) is 7.28. The molecule has 0 radical (unpaired) electrons. The first-order valence-corrected chi connectivity index (χ1v) is 4.24. The molecule has 0 bridgehead atoms. The molecule has 0 aromatic carbocycles. The highest BCUT2D eigenvalue weighted by molar-refractivity contribution is 14.1. The van der Waals surface area contributed by atoms with Crippen LogP contribution in [0.15, 0.2) is 0 Å². The van der Waals surface area contributed by atoms with E-state index in [9.17, 15) is 0 Å². The third-order valence-corrected chi connectivity index (χ3v) is 1.52. The Labute approximate surface area is 70.5 Å². The predicted molar refractivity (Wildman–Crippen MR) is 49.5 cm³/mol. The second-order valence-corrected chi connectivity index (χ2v) is 4.31. The van der Waals surface area contributed by atoms with Crippen molar-refractivity contribution >= 4 is 22.6 Å². The average Bonchev–Trinajstić information content (AvgIpc) is 1.63. The second kappa shape index (κ2) is 5.07. The highest BCUT2D eigenvalue weighted by atomic mass is 127. The van der Waals surface area contributed by atoms with Crippen molar-refractivity contribution < 1.29 is 0 Å². The number of alkyl halides is 1. The molecule has 1 nitrogen and oxygen atoms in total. The lowest BCUT2D eigenvalue weighted by molar-refractivity contribution is 0.636. The Morgan fingerprint density at radius 2 is 2.33 bits per heavy atom. The molecule has 2 atom stereocenters. The average molecular weight is 237 g/mol. The molecule has 0 aromatic rings. The van der Waals surface area contributed by atoms with Crippen molar-refractivity contribution in [2.24, 2.45) is 5.73 Å². The van der Waals surface area contributed by atoms with E-state index in [0.717, 1.165) is 6.42 Å². The molecule has 0 amide bonds. The smallest absolute Gasteiger partial charge is 0.0238 e. The van der Waals surface area contributed by atoms with Crippen LogP contribution in [0.4, 0.5) is 0 Å². The van der Waals surface area contributed by atoms with Crippen molar-refractivity contribution in [2.45, 2.75) is 29.7 Å². The quantitative estimate of drug-likeness (QED) is 0.450. The molecule has 2 N–H and O–H groups in total. The third kappa shape index (κ3) is 6.13. The van der Waals surface area contributed by atoms with Gasteiger partial charge in [-0.3, -0.25) is 0 Å². The molecular weight excluding hydrogens is 225 g/mol. The maximum atomic E-state index is 5.64. The van der Waals surface area contributed by atoms with Gasteiger partial charge in [0.2, 0.25) is 0 Å². The largest absolute Gasteiger partial charge is 0.327 e. The Kier molecular flexibility index (Phi) is 5.21. The molecule has 0 aromatic heterocycles. The van der Waals surface area contributed by atoms with Gasteiger partial charge in [0.05, 0.1) is 0 Å². The number of terminal acetylenes is 1. The van der Waals surface area contributed by atoms with E-state index in [0.29, 0.717) is 10.3 Å². The normalized spacial score (nSPS) is 16.2. The van der Waals surface area contributed by atoms with E-state index in [1.807, 2.05) is 0 Å². The summed E-state index contributed by atoms with van der Waals surface area (Å²) in [6.07, 6.45) is 6.79. The minimum absolute atomic E-state index is 0.196. The van der Waals surface area contributed by atoms with Crippen molar-refractivity contribution in [3.05, 3.63) is 0 Å². The van der Waals surface area contributed by atoms with Crippen molar-refractivity contribution in [1.29, 1.82) is 0 Å². The molecule has 0 saturated carbocycles. The highest BCUT2D eigenvalue weighted by Crippen LogP contribution is 2.07. The maximum absolute atomic E-state index is 5.64. The molecule has 52 valence electrons. The number of nitrogens with two attached hydrogens (primary N) is 1. The Hall–Kier alpha value is 0.250. The van der Waals surface area contributed by atoms with Gasteiger partial charge in [-0.2, -0.15) is 0 Å². The highest BCUT2D eigenvalue weighted by Gasteiger charge is 2.03. The van der Waals surface area contributed by atoms with Crippen LogP contribution in [0.3, 0.4) is 0 Å². The van der Waals surface area contributed by atoms with Crippen molar-refractivity contribution in [1.82, 2.24) is 0 Å². The van der Waals surface area contributed by atoms with Crippen molar-refractivity contribution in [3.8, 4) is 12.3 Å². The van der Waals surface area contributed by atoms with Gasteiger partial charge in [-0.25, -0.2) is 0 Å². The van der Waals surface area contributed by atoms with Gasteiger partial charge >= 0.3 is 0 Å². The fourth-order valence-corrected chi connectivity index (χ4v) is 1.31. The van der Waals surface area contributed by atoms with Gasteiger partial charge in [0, 0.05) is 16.4 Å². The lowest BCUT2D eigenvalue weighted by Gasteiger charge is -2.08. The molecule has 0 fully saturated rings. The Balaban J connectivity index is 3.29. The van der Waals surface area contributed by atoms with Gasteiger partial charge in [-0.05, 0) is 6.42 Å². The topological polar surface area (TPSA) is 26.0 Å². The molecule has 0 aliphatic rings. The second-order valence-electron chi connectivity index (χ2n) is 2.18. The zero-order valence-corrected chi connectivity index (χ0v) is 7.76. The van der Waals surface area contributed by atoms with Gasteiger partial charge < -0.3 is 5.73 Å². The molecule has 0 aliphatic carbocycles. The first-order chi connectivity index (χ1) is 4.16. The molecule has 2 heteroatoms. The Bertz CT molecular complexity index is 104. The van der Waals surface area contributed by atoms with Crippen LogP contribution in [0.2, 0.25) is 0 Å². The van der Waals surface area contributed by atoms with Gasteiger partial charge in [-0.1, -0.05) is 29.5 Å². The summed E-state index contributed by atoms with van der Waals surface area (Å²) in [5.41, 5.74) is 5.64. The van der Waals surface area contributed by atoms with E-state index < -0.39 is 0 Å². The zero-order valence-electron chi connectivity index (χ0n) is 5.60. The summed E-state index contributed by atoms with van der Waals surface area (Å²) in [4.78, 5) is 0. The summed E-state index contributed by atoms with van der Waals surface area (Å²) in [7, 11) is 0. The van der Waals surface area contributed by atoms with Gasteiger partial charge in [-0.15, -0.1) is 12.3 Å². The SMILES string of the molecule is C#CCC(N)CC(C)I. The van der Waals surface area contributed by atoms with E-state index in [1.165, 1.54) is 0 Å². The fourth-order valence-electron chi connectivity index (χ4n) is 0.652. The number of hydrogen-bond donors (Lipinski definition) is 1. The first kappa shape index (κ1) is 9.25. The third-order valence-electron chi connectivity index (χ3n) is 1.01. The van der Waals surface area contributed by atoms with E-state index in [1.54, 1.807) is 0 Å². The molecule has 9 heavy (non-hydrogen) atoms. The molecule has 0 spiro atoms. The molecule has 0 saturated heterocycles. The first-order valence-electron chi connectivity index (χ1n) is 3.00. The van der Waals surface area contributed by atoms with Crippen LogP contribution >= 0.6 is 22.6 Å². The van der Waals surface area contributed by atoms with E-state index in [4.69, 9.17) is 12.2 Å². The number of halogens is 1. The van der Waals surface area contributed by atoms with Gasteiger partial charge in [0.1, 0.15) is 0 Å². The van der Waals surface area contributed by atoms with Crippen LogP contribution < -0.4 is 5.73 Å². The van der Waals surface area contributed by atoms with Crippen molar-refractivity contribution in [2.75, 3.05) is 0 Å². The van der Waals surface area contributed by atoms with E-state index in [-0.39, 0.29) is 6.04 Å². The van der Waals surface area contributed by atoms with Crippen LogP contribution in [0.5, 0.6) is 0 Å². The lowest BCUT2D eigenvalue weighted by Crippen LogP contribution is -2.21. The summed E-state index contributed by atoms with van der Waals surface area (Å²) in [5, 5.41) is 0. The minimum Gasteiger partial charge on any atom is -0.327 e. The standard InChI is InChI=1S/C7H12IN/c1-3-4-7(9)5-6(2)8/h1,6-7H,4-5,9H2,2H3. The summed E-state index contributed by atoms with van der Waals surface area (Å²) < 4.78 is 0.631. The van der Waals surface area contributed by atoms with Crippen LogP contribution in [-0.4, -0.2) is 9.97 Å². The van der Waals surface area contributed by atoms with Gasteiger partial charge in [0.15, 0.2) is 0 Å². The number of hydrogen-bond acceptors (Lipinski definition) is 1. The van der Waals surface area contributed by atoms with Crippen LogP contribution in [-0.2, 0) is 0 Å². The summed E-state index contributed by atoms with van der Waals surface area (Å²) >= 11 is 2.35. The number of rotatable bonds is 3. The van der Waals surface area contributed by atoms with Crippen LogP contribution in [0.1, 0.15) is 19.8 Å². The van der Waals surface area contributed by atoms with Crippen LogP contribution in [0, 0.1) is 12.3 Å². The maximum Gasteiger partial charge on any atom is 0.0238 e. The monoisotopic (exact) mass is 237 g/mol. The molecule has 0 rings (SSSR count). The summed E-state index contributed by atoms with van der Waals surface area (Å²) in [6, 6.07) is 0.196. The predicted octanol–water partition coefficient (Wildman–Crippen LogP) is 1.55. The molecule has 2 unspecified atom stereocenters. The summed E-state index contributed by atoms with van der Waals surface area (Å²) in [6.45, 7) is 2.14. The fraction of sp³-hybridized carbons (Fsp3) is 0.714. The Morgan fingerprint density at radius 1 is 1.78 bits per heavy atom. The van der Waals surface area contributed by atoms with Gasteiger partial charge in [0.25, 0.3) is 0 Å². The van der Waals surface area contributed by atoms with Crippen LogP contribution in [0.25, 0.3) is 0 Å².